The van der Waals surface area contributed by atoms with E-state index in [0.717, 1.165) is 23.8 Å². The second-order valence-corrected chi connectivity index (χ2v) is 14.2. The molecule has 0 radical (unpaired) electrons. The minimum atomic E-state index is -1.72. The van der Waals surface area contributed by atoms with Gasteiger partial charge in [0.25, 0.3) is 0 Å². The molecule has 6 rings (SSSR count). The lowest BCUT2D eigenvalue weighted by molar-refractivity contribution is -0.168. The number of benzene rings is 1. The largest absolute Gasteiger partial charge is 0.508 e. The first kappa shape index (κ1) is 31.8. The fourth-order valence-corrected chi connectivity index (χ4v) is 9.63. The number of phenolic OH excluding ortho intramolecular Hbond substituents is 2. The number of ketones is 2. The number of aliphatic hydroxyl groups excluding tert-OH is 1. The minimum Gasteiger partial charge on any atom is -0.508 e. The fraction of sp³-hybridized carbons (Fsp3) is 0.500. The number of methoxy groups -OCH3 is 1. The molecular formula is C36H40O10. The zero-order valence-corrected chi connectivity index (χ0v) is 26.5. The summed E-state index contributed by atoms with van der Waals surface area (Å²) in [6.45, 7) is 9.95. The van der Waals surface area contributed by atoms with Crippen LogP contribution in [0.15, 0.2) is 63.0 Å². The third-order valence-corrected chi connectivity index (χ3v) is 12.0. The van der Waals surface area contributed by atoms with Gasteiger partial charge in [0.2, 0.25) is 5.78 Å². The number of aromatic hydroxyl groups is 2. The summed E-state index contributed by atoms with van der Waals surface area (Å²) in [5.41, 5.74) is -2.86. The molecule has 1 aromatic heterocycles. The van der Waals surface area contributed by atoms with Crippen LogP contribution in [0, 0.1) is 34.5 Å². The number of hydrogen-bond donors (Lipinski definition) is 4. The van der Waals surface area contributed by atoms with Gasteiger partial charge in [-0.05, 0) is 68.8 Å². The van der Waals surface area contributed by atoms with Crippen molar-refractivity contribution in [1.29, 1.82) is 0 Å². The fourth-order valence-electron chi connectivity index (χ4n) is 9.63. The number of Topliss-reactive ketones (excluding diaryl/α,β-unsaturated/α-hetero) is 1. The van der Waals surface area contributed by atoms with Gasteiger partial charge >= 0.3 is 5.97 Å². The molecule has 4 aliphatic carbocycles. The Hall–Kier alpha value is -4.18. The maximum Gasteiger partial charge on any atom is 0.309 e. The summed E-state index contributed by atoms with van der Waals surface area (Å²) in [5, 5.41) is 42.2. The number of carbonyl (C=O) groups is 3. The predicted octanol–water partition coefficient (Wildman–Crippen LogP) is 4.93. The first-order chi connectivity index (χ1) is 21.6. The Kier molecular flexibility index (Phi) is 7.39. The Labute approximate surface area is 266 Å². The van der Waals surface area contributed by atoms with Gasteiger partial charge < -0.3 is 29.6 Å². The van der Waals surface area contributed by atoms with Crippen LogP contribution in [0.3, 0.4) is 0 Å². The van der Waals surface area contributed by atoms with Crippen molar-refractivity contribution < 1.29 is 44.0 Å². The van der Waals surface area contributed by atoms with Crippen LogP contribution in [-0.4, -0.2) is 51.2 Å². The van der Waals surface area contributed by atoms with E-state index in [1.807, 2.05) is 19.9 Å². The van der Waals surface area contributed by atoms with E-state index < -0.39 is 68.8 Å². The summed E-state index contributed by atoms with van der Waals surface area (Å²) in [7, 11) is 1.31. The standard InChI is InChI=1S/C36H40O10/c1-17-7-8-20-32(42)27(45-5)16-29(41)36(20,30-15-25(40)31-24(39)11-19(37)12-26(31)46-30)21(17)13-22-18(2)23(38)14-28-34(22,3)9-6-10-35(28,4)33(43)44/h7,11-12,15-16,20-23,28,37-39H,2,6,8-10,13-14H2,1,3-5H3,(H,43,44). The van der Waals surface area contributed by atoms with E-state index in [0.29, 0.717) is 24.8 Å². The molecule has 1 heterocycles. The zero-order chi connectivity index (χ0) is 33.5. The number of ether oxygens (including phenoxy) is 1. The number of hydrogen-bond acceptors (Lipinski definition) is 9. The summed E-state index contributed by atoms with van der Waals surface area (Å²) >= 11 is 0. The van der Waals surface area contributed by atoms with E-state index in [-0.39, 0.29) is 53.4 Å². The van der Waals surface area contributed by atoms with Gasteiger partial charge in [-0.3, -0.25) is 19.2 Å². The summed E-state index contributed by atoms with van der Waals surface area (Å²) < 4.78 is 11.6. The van der Waals surface area contributed by atoms with Crippen LogP contribution in [-0.2, 0) is 24.5 Å². The molecule has 0 spiro atoms. The monoisotopic (exact) mass is 632 g/mol. The van der Waals surface area contributed by atoms with Crippen LogP contribution in [0.5, 0.6) is 11.5 Å². The van der Waals surface area contributed by atoms with Gasteiger partial charge in [0.05, 0.1) is 18.6 Å². The number of carbonyl (C=O) groups excluding carboxylic acids is 2. The highest BCUT2D eigenvalue weighted by atomic mass is 16.5. The average molecular weight is 633 g/mol. The summed E-state index contributed by atoms with van der Waals surface area (Å²) in [4.78, 5) is 54.8. The summed E-state index contributed by atoms with van der Waals surface area (Å²) in [5.74, 6) is -5.44. The molecule has 8 unspecified atom stereocenters. The number of phenols is 2. The molecule has 4 N–H and O–H groups in total. The summed E-state index contributed by atoms with van der Waals surface area (Å²) in [6, 6.07) is 3.34. The second-order valence-electron chi connectivity index (χ2n) is 14.2. The third kappa shape index (κ3) is 4.25. The van der Waals surface area contributed by atoms with E-state index in [9.17, 15) is 39.6 Å². The van der Waals surface area contributed by atoms with Crippen molar-refractivity contribution in [3.8, 4) is 11.5 Å². The SMILES string of the molecule is C=C1C(O)CC2C(C)(C(=O)O)CCCC2(C)C1CC1C(C)=CCC2C(=O)C(OC)=CC(=O)C21c1cc(=O)c2c(O)cc(O)cc2o1. The molecule has 1 aromatic carbocycles. The van der Waals surface area contributed by atoms with Crippen molar-refractivity contribution >= 4 is 28.5 Å². The van der Waals surface area contributed by atoms with Crippen LogP contribution >= 0.6 is 0 Å². The van der Waals surface area contributed by atoms with Gasteiger partial charge in [-0.15, -0.1) is 0 Å². The van der Waals surface area contributed by atoms with Crippen molar-refractivity contribution in [3.05, 3.63) is 69.8 Å². The number of rotatable bonds is 5. The molecule has 0 saturated heterocycles. The van der Waals surface area contributed by atoms with Crippen LogP contribution in [0.2, 0.25) is 0 Å². The molecule has 244 valence electrons. The van der Waals surface area contributed by atoms with Crippen LogP contribution in [0.4, 0.5) is 0 Å². The Morgan fingerprint density at radius 3 is 2.50 bits per heavy atom. The molecule has 0 aliphatic heterocycles. The zero-order valence-electron chi connectivity index (χ0n) is 26.5. The summed E-state index contributed by atoms with van der Waals surface area (Å²) in [6.07, 6.45) is 4.54. The number of aliphatic carboxylic acids is 1. The molecule has 0 amide bonds. The maximum atomic E-state index is 14.6. The van der Waals surface area contributed by atoms with Gasteiger partial charge in [-0.25, -0.2) is 0 Å². The topological polar surface area (TPSA) is 172 Å². The van der Waals surface area contributed by atoms with E-state index in [4.69, 9.17) is 9.15 Å². The molecular weight excluding hydrogens is 592 g/mol. The molecule has 8 atom stereocenters. The quantitative estimate of drug-likeness (QED) is 0.331. The highest BCUT2D eigenvalue weighted by Gasteiger charge is 2.64. The van der Waals surface area contributed by atoms with Crippen molar-refractivity contribution in [1.82, 2.24) is 0 Å². The lowest BCUT2D eigenvalue weighted by atomic mass is 9.44. The van der Waals surface area contributed by atoms with Crippen molar-refractivity contribution in [2.75, 3.05) is 7.11 Å². The van der Waals surface area contributed by atoms with E-state index in [1.165, 1.54) is 13.2 Å². The number of aliphatic hydroxyl groups is 1. The lowest BCUT2D eigenvalue weighted by Crippen LogP contribution is -2.59. The number of allylic oxidation sites excluding steroid dienone is 4. The van der Waals surface area contributed by atoms with Crippen LogP contribution < -0.4 is 5.43 Å². The molecule has 10 nitrogen and oxygen atoms in total. The highest BCUT2D eigenvalue weighted by molar-refractivity contribution is 6.14. The Balaban J connectivity index is 1.59. The third-order valence-electron chi connectivity index (χ3n) is 12.0. The smallest absolute Gasteiger partial charge is 0.309 e. The molecule has 2 aromatic rings. The van der Waals surface area contributed by atoms with E-state index in [1.54, 1.807) is 6.92 Å². The lowest BCUT2D eigenvalue weighted by Gasteiger charge is -2.59. The van der Waals surface area contributed by atoms with E-state index >= 15 is 0 Å². The predicted molar refractivity (Wildman–Crippen MR) is 167 cm³/mol. The number of fused-ring (bicyclic) bond motifs is 3. The number of carboxylic acids is 1. The highest BCUT2D eigenvalue weighted by Crippen LogP contribution is 2.64. The molecule has 10 heteroatoms. The van der Waals surface area contributed by atoms with Gasteiger partial charge in [-0.2, -0.15) is 0 Å². The first-order valence-corrected chi connectivity index (χ1v) is 15.7. The molecule has 2 fully saturated rings. The minimum absolute atomic E-state index is 0.0788. The molecule has 46 heavy (non-hydrogen) atoms. The van der Waals surface area contributed by atoms with Crippen molar-refractivity contribution in [2.24, 2.45) is 34.5 Å². The Bertz CT molecular complexity index is 1810. The molecule has 4 aliphatic rings. The Morgan fingerprint density at radius 2 is 1.83 bits per heavy atom. The number of carboxylic acid groups (broad SMARTS) is 1. The van der Waals surface area contributed by atoms with Gasteiger partial charge in [0, 0.05) is 36.1 Å². The average Bonchev–Trinajstić information content (AvgIpc) is 2.98. The molecule has 2 saturated carbocycles. The van der Waals surface area contributed by atoms with Gasteiger partial charge in [0.1, 0.15) is 33.6 Å². The van der Waals surface area contributed by atoms with Crippen LogP contribution in [0.25, 0.3) is 11.0 Å². The Morgan fingerprint density at radius 1 is 1.11 bits per heavy atom. The second kappa shape index (κ2) is 10.7. The maximum absolute atomic E-state index is 14.6. The van der Waals surface area contributed by atoms with Gasteiger partial charge in [0.15, 0.2) is 17.0 Å². The van der Waals surface area contributed by atoms with Crippen molar-refractivity contribution in [2.45, 2.75) is 70.8 Å². The van der Waals surface area contributed by atoms with Crippen molar-refractivity contribution in [3.63, 3.8) is 0 Å². The molecule has 0 bridgehead atoms. The van der Waals surface area contributed by atoms with E-state index in [2.05, 4.69) is 6.58 Å². The first-order valence-electron chi connectivity index (χ1n) is 15.7. The van der Waals surface area contributed by atoms with Crippen LogP contribution in [0.1, 0.15) is 65.1 Å². The normalized spacial score (nSPS) is 36.0. The van der Waals surface area contributed by atoms with Gasteiger partial charge in [-0.1, -0.05) is 31.6 Å².